The number of carboxylic acids is 2. The number of carboxylic acid groups (broad SMARTS) is 2. The molecule has 0 unspecified atom stereocenters. The Balaban J connectivity index is 4.55. The van der Waals surface area contributed by atoms with E-state index in [1.165, 1.54) is 0 Å². The Morgan fingerprint density at radius 3 is 1.71 bits per heavy atom. The second-order valence-corrected chi connectivity index (χ2v) is 3.89. The molecule has 6 heteroatoms. The molecule has 0 aliphatic rings. The van der Waals surface area contributed by atoms with Crippen molar-refractivity contribution in [3.8, 4) is 0 Å². The summed E-state index contributed by atoms with van der Waals surface area (Å²) in [6.45, 7) is 3.84. The number of rotatable bonds is 8. The number of aliphatic carboxylic acids is 2. The molecule has 0 aliphatic carbocycles. The normalized spacial score (nSPS) is 10.6. The van der Waals surface area contributed by atoms with E-state index in [0.717, 1.165) is 12.8 Å². The minimum absolute atomic E-state index is 0.314. The fourth-order valence-electron chi connectivity index (χ4n) is 1.59. The Hall–Kier alpha value is -1.59. The van der Waals surface area contributed by atoms with Crippen molar-refractivity contribution in [2.24, 2.45) is 5.92 Å². The zero-order valence-corrected chi connectivity index (χ0v) is 10.1. The van der Waals surface area contributed by atoms with Gasteiger partial charge in [0.1, 0.15) is 0 Å². The maximum atomic E-state index is 11.7. The summed E-state index contributed by atoms with van der Waals surface area (Å²) in [7, 11) is 0. The van der Waals surface area contributed by atoms with Crippen molar-refractivity contribution in [2.45, 2.75) is 45.6 Å². The van der Waals surface area contributed by atoms with Gasteiger partial charge < -0.3 is 15.5 Å². The summed E-state index contributed by atoms with van der Waals surface area (Å²) < 4.78 is 0. The molecule has 0 aromatic heterocycles. The van der Waals surface area contributed by atoms with Gasteiger partial charge in [-0.15, -0.1) is 0 Å². The highest BCUT2D eigenvalue weighted by atomic mass is 16.4. The molecule has 0 aromatic carbocycles. The van der Waals surface area contributed by atoms with Crippen LogP contribution >= 0.6 is 0 Å². The van der Waals surface area contributed by atoms with Gasteiger partial charge in [0, 0.05) is 5.92 Å². The molecule has 6 nitrogen and oxygen atoms in total. The molecule has 0 spiro atoms. The Bertz CT molecular complexity index is 270. The van der Waals surface area contributed by atoms with E-state index >= 15 is 0 Å². The molecule has 0 saturated carbocycles. The second kappa shape index (κ2) is 7.65. The van der Waals surface area contributed by atoms with E-state index in [4.69, 9.17) is 10.2 Å². The van der Waals surface area contributed by atoms with Gasteiger partial charge in [-0.1, -0.05) is 26.7 Å². The number of carbonyl (C=O) groups is 3. The quantitative estimate of drug-likeness (QED) is 0.550. The Morgan fingerprint density at radius 2 is 1.41 bits per heavy atom. The van der Waals surface area contributed by atoms with Gasteiger partial charge in [-0.25, -0.2) is 9.59 Å². The molecule has 3 N–H and O–H groups in total. The van der Waals surface area contributed by atoms with E-state index in [9.17, 15) is 14.4 Å². The summed E-state index contributed by atoms with van der Waals surface area (Å²) in [5.41, 5.74) is 0. The largest absolute Gasteiger partial charge is 0.479 e. The van der Waals surface area contributed by atoms with Crippen LogP contribution in [0, 0.1) is 5.92 Å². The van der Waals surface area contributed by atoms with E-state index in [1.807, 2.05) is 19.2 Å². The van der Waals surface area contributed by atoms with E-state index < -0.39 is 23.9 Å². The van der Waals surface area contributed by atoms with Crippen molar-refractivity contribution in [2.75, 3.05) is 0 Å². The van der Waals surface area contributed by atoms with Gasteiger partial charge in [0.25, 0.3) is 0 Å². The number of hydrogen-bond donors (Lipinski definition) is 3. The summed E-state index contributed by atoms with van der Waals surface area (Å²) in [5, 5.41) is 19.3. The molecule has 17 heavy (non-hydrogen) atoms. The smallest absolute Gasteiger partial charge is 0.338 e. The first-order valence-corrected chi connectivity index (χ1v) is 5.69. The first-order valence-electron chi connectivity index (χ1n) is 5.69. The third-order valence-electron chi connectivity index (χ3n) is 2.43. The van der Waals surface area contributed by atoms with Crippen molar-refractivity contribution < 1.29 is 24.6 Å². The van der Waals surface area contributed by atoms with Crippen LogP contribution in [0.3, 0.4) is 0 Å². The fraction of sp³-hybridized carbons (Fsp3) is 0.727. The zero-order chi connectivity index (χ0) is 13.4. The topological polar surface area (TPSA) is 104 Å². The van der Waals surface area contributed by atoms with Crippen molar-refractivity contribution in [3.63, 3.8) is 0 Å². The maximum absolute atomic E-state index is 11.7. The number of amides is 1. The third kappa shape index (κ3) is 5.33. The highest BCUT2D eigenvalue weighted by Gasteiger charge is 2.29. The zero-order valence-electron chi connectivity index (χ0n) is 10.1. The van der Waals surface area contributed by atoms with Crippen LogP contribution in [0.1, 0.15) is 39.5 Å². The van der Waals surface area contributed by atoms with Gasteiger partial charge in [0.15, 0.2) is 0 Å². The van der Waals surface area contributed by atoms with Crippen molar-refractivity contribution in [1.82, 2.24) is 5.32 Å². The molecule has 0 saturated heterocycles. The van der Waals surface area contributed by atoms with Gasteiger partial charge in [-0.3, -0.25) is 4.79 Å². The lowest BCUT2D eigenvalue weighted by atomic mass is 9.97. The first kappa shape index (κ1) is 15.4. The van der Waals surface area contributed by atoms with Crippen molar-refractivity contribution >= 4 is 17.8 Å². The van der Waals surface area contributed by atoms with Crippen LogP contribution in [-0.2, 0) is 14.4 Å². The summed E-state index contributed by atoms with van der Waals surface area (Å²) in [6, 6.07) is -1.86. The minimum atomic E-state index is -1.86. The SMILES string of the molecule is CCCC(CCC)C(=O)NC(C(=O)O)C(=O)O. The van der Waals surface area contributed by atoms with E-state index in [0.29, 0.717) is 12.8 Å². The van der Waals surface area contributed by atoms with Crippen LogP contribution in [0.5, 0.6) is 0 Å². The molecule has 0 heterocycles. The van der Waals surface area contributed by atoms with Gasteiger partial charge >= 0.3 is 11.9 Å². The van der Waals surface area contributed by atoms with Crippen LogP contribution in [0.15, 0.2) is 0 Å². The van der Waals surface area contributed by atoms with Crippen LogP contribution in [0.4, 0.5) is 0 Å². The van der Waals surface area contributed by atoms with Gasteiger partial charge in [0.2, 0.25) is 11.9 Å². The molecule has 98 valence electrons. The van der Waals surface area contributed by atoms with Crippen LogP contribution in [0.2, 0.25) is 0 Å². The van der Waals surface area contributed by atoms with Crippen LogP contribution in [0.25, 0.3) is 0 Å². The highest BCUT2D eigenvalue weighted by Crippen LogP contribution is 2.13. The monoisotopic (exact) mass is 245 g/mol. The standard InChI is InChI=1S/C11H19NO5/c1-3-5-7(6-4-2)9(13)12-8(10(14)15)11(16)17/h7-8H,3-6H2,1-2H3,(H,12,13)(H,14,15)(H,16,17). The van der Waals surface area contributed by atoms with Gasteiger partial charge in [-0.05, 0) is 12.8 Å². The Morgan fingerprint density at radius 1 is 1.00 bits per heavy atom. The predicted molar refractivity (Wildman–Crippen MR) is 60.5 cm³/mol. The van der Waals surface area contributed by atoms with E-state index in [-0.39, 0.29) is 5.92 Å². The molecule has 0 rings (SSSR count). The molecule has 0 bridgehead atoms. The third-order valence-corrected chi connectivity index (χ3v) is 2.43. The summed E-state index contributed by atoms with van der Waals surface area (Å²) >= 11 is 0. The van der Waals surface area contributed by atoms with Crippen molar-refractivity contribution in [3.05, 3.63) is 0 Å². The molecule has 0 aromatic rings. The fourth-order valence-corrected chi connectivity index (χ4v) is 1.59. The molecule has 0 atom stereocenters. The first-order chi connectivity index (χ1) is 7.93. The lowest BCUT2D eigenvalue weighted by Crippen LogP contribution is -2.48. The van der Waals surface area contributed by atoms with Gasteiger partial charge in [-0.2, -0.15) is 0 Å². The predicted octanol–water partition coefficient (Wildman–Crippen LogP) is 0.857. The average molecular weight is 245 g/mol. The van der Waals surface area contributed by atoms with Crippen LogP contribution in [-0.4, -0.2) is 34.1 Å². The Labute approximate surface area is 100 Å². The molecule has 0 radical (unpaired) electrons. The lowest BCUT2D eigenvalue weighted by Gasteiger charge is -2.17. The molecule has 0 aliphatic heterocycles. The summed E-state index contributed by atoms with van der Waals surface area (Å²) in [6.07, 6.45) is 2.85. The van der Waals surface area contributed by atoms with Crippen molar-refractivity contribution in [1.29, 1.82) is 0 Å². The number of hydrogen-bond acceptors (Lipinski definition) is 3. The molecule has 1 amide bonds. The average Bonchev–Trinajstić information content (AvgIpc) is 2.24. The molecule has 0 fully saturated rings. The summed E-state index contributed by atoms with van der Waals surface area (Å²) in [5.74, 6) is -3.93. The van der Waals surface area contributed by atoms with E-state index in [2.05, 4.69) is 0 Å². The molecular weight excluding hydrogens is 226 g/mol. The van der Waals surface area contributed by atoms with Gasteiger partial charge in [0.05, 0.1) is 0 Å². The minimum Gasteiger partial charge on any atom is -0.479 e. The second-order valence-electron chi connectivity index (χ2n) is 3.89. The molecular formula is C11H19NO5. The highest BCUT2D eigenvalue weighted by molar-refractivity contribution is 6.01. The summed E-state index contributed by atoms with van der Waals surface area (Å²) in [4.78, 5) is 32.9. The van der Waals surface area contributed by atoms with E-state index in [1.54, 1.807) is 0 Å². The lowest BCUT2D eigenvalue weighted by molar-refractivity contribution is -0.153. The number of carbonyl (C=O) groups excluding carboxylic acids is 1. The Kier molecular flexibility index (Phi) is 6.93. The maximum Gasteiger partial charge on any atom is 0.338 e. The number of nitrogens with one attached hydrogen (secondary N) is 1. The van der Waals surface area contributed by atoms with Crippen LogP contribution < -0.4 is 5.32 Å².